The van der Waals surface area contributed by atoms with E-state index in [9.17, 15) is 12.8 Å². The monoisotopic (exact) mass is 474 g/mol. The number of halogens is 1. The van der Waals surface area contributed by atoms with Crippen LogP contribution in [0, 0.1) is 12.7 Å². The summed E-state index contributed by atoms with van der Waals surface area (Å²) in [5, 5.41) is 0.642. The van der Waals surface area contributed by atoms with E-state index in [0.29, 0.717) is 28.2 Å². The molecule has 2 aromatic heterocycles. The highest BCUT2D eigenvalue weighted by Gasteiger charge is 2.19. The summed E-state index contributed by atoms with van der Waals surface area (Å²) in [6.45, 7) is 1.80. The number of aryl methyl sites for hydroxylation is 1. The lowest BCUT2D eigenvalue weighted by molar-refractivity contribution is 0.355. The molecule has 166 valence electrons. The van der Waals surface area contributed by atoms with E-state index in [1.54, 1.807) is 37.4 Å². The summed E-state index contributed by atoms with van der Waals surface area (Å²) in [5.41, 5.74) is 0.436. The Hall–Kier alpha value is -3.37. The largest absolute Gasteiger partial charge is 0.493 e. The van der Waals surface area contributed by atoms with E-state index in [1.165, 1.54) is 32.4 Å². The quantitative estimate of drug-likeness (QED) is 0.388. The Balaban J connectivity index is 1.62. The molecule has 0 aliphatic rings. The molecule has 32 heavy (non-hydrogen) atoms. The summed E-state index contributed by atoms with van der Waals surface area (Å²) in [6.07, 6.45) is 1.56. The Morgan fingerprint density at radius 2 is 1.72 bits per heavy atom. The van der Waals surface area contributed by atoms with Crippen LogP contribution < -0.4 is 18.9 Å². The molecule has 0 radical (unpaired) electrons. The van der Waals surface area contributed by atoms with Gasteiger partial charge in [-0.1, -0.05) is 0 Å². The molecular formula is C22H19FN2O5S2. The second-order valence-electron chi connectivity index (χ2n) is 6.75. The molecule has 0 atom stereocenters. The maximum absolute atomic E-state index is 14.7. The molecule has 0 saturated heterocycles. The zero-order valence-electron chi connectivity index (χ0n) is 17.4. The Morgan fingerprint density at radius 1 is 0.969 bits per heavy atom. The van der Waals surface area contributed by atoms with Crippen molar-refractivity contribution in [1.82, 2.24) is 4.98 Å². The van der Waals surface area contributed by atoms with Gasteiger partial charge in [-0.25, -0.2) is 12.8 Å². The zero-order valence-corrected chi connectivity index (χ0v) is 19.0. The van der Waals surface area contributed by atoms with Crippen molar-refractivity contribution < 1.29 is 27.0 Å². The van der Waals surface area contributed by atoms with Crippen LogP contribution in [0.3, 0.4) is 0 Å². The number of aromatic nitrogens is 1. The van der Waals surface area contributed by atoms with E-state index >= 15 is 0 Å². The first-order chi connectivity index (χ1) is 15.3. The van der Waals surface area contributed by atoms with Crippen LogP contribution in [0.4, 0.5) is 10.1 Å². The molecule has 2 heterocycles. The van der Waals surface area contributed by atoms with Crippen LogP contribution in [0.15, 0.2) is 58.9 Å². The van der Waals surface area contributed by atoms with E-state index in [4.69, 9.17) is 14.2 Å². The van der Waals surface area contributed by atoms with Crippen molar-refractivity contribution >= 4 is 38.0 Å². The summed E-state index contributed by atoms with van der Waals surface area (Å²) in [4.78, 5) is 5.15. The minimum atomic E-state index is -3.88. The van der Waals surface area contributed by atoms with Gasteiger partial charge < -0.3 is 14.2 Å². The Kier molecular flexibility index (Phi) is 5.90. The van der Waals surface area contributed by atoms with Crippen molar-refractivity contribution in [2.75, 3.05) is 18.9 Å². The third-order valence-electron chi connectivity index (χ3n) is 4.60. The molecule has 4 aromatic rings. The fourth-order valence-electron chi connectivity index (χ4n) is 3.06. The van der Waals surface area contributed by atoms with E-state index in [-0.39, 0.29) is 15.6 Å². The molecular weight excluding hydrogens is 455 g/mol. The summed E-state index contributed by atoms with van der Waals surface area (Å²) in [7, 11) is -0.825. The topological polar surface area (TPSA) is 86.8 Å². The van der Waals surface area contributed by atoms with Gasteiger partial charge >= 0.3 is 0 Å². The number of pyridine rings is 1. The summed E-state index contributed by atoms with van der Waals surface area (Å²) in [5.74, 6) is 0.875. The van der Waals surface area contributed by atoms with E-state index < -0.39 is 15.8 Å². The number of hydrogen-bond donors (Lipinski definition) is 1. The van der Waals surface area contributed by atoms with Crippen LogP contribution >= 0.6 is 11.3 Å². The fourth-order valence-corrected chi connectivity index (χ4v) is 5.41. The number of benzene rings is 2. The zero-order chi connectivity index (χ0) is 22.9. The highest BCUT2D eigenvalue weighted by Crippen LogP contribution is 2.37. The maximum atomic E-state index is 14.7. The second kappa shape index (κ2) is 8.64. The molecule has 0 unspecified atom stereocenters. The molecule has 10 heteroatoms. The van der Waals surface area contributed by atoms with Crippen molar-refractivity contribution in [2.45, 2.75) is 11.1 Å². The predicted molar refractivity (Wildman–Crippen MR) is 121 cm³/mol. The smallest absolute Gasteiger partial charge is 0.271 e. The van der Waals surface area contributed by atoms with Gasteiger partial charge in [-0.2, -0.15) is 0 Å². The lowest BCUT2D eigenvalue weighted by atomic mass is 10.2. The molecule has 0 aliphatic carbocycles. The van der Waals surface area contributed by atoms with Crippen LogP contribution in [0.2, 0.25) is 0 Å². The molecule has 0 aliphatic heterocycles. The van der Waals surface area contributed by atoms with Gasteiger partial charge in [0.15, 0.2) is 17.3 Å². The number of nitrogens with zero attached hydrogens (tertiary/aromatic N) is 1. The molecule has 0 spiro atoms. The van der Waals surface area contributed by atoms with Gasteiger partial charge in [0.05, 0.1) is 25.4 Å². The lowest BCUT2D eigenvalue weighted by Crippen LogP contribution is -2.12. The van der Waals surface area contributed by atoms with Crippen molar-refractivity contribution in [3.05, 3.63) is 65.4 Å². The van der Waals surface area contributed by atoms with Gasteiger partial charge in [-0.05, 0) is 43.3 Å². The number of nitrogens with one attached hydrogen (secondary N) is 1. The SMILES string of the molecule is COc1cc2nccc(Oc3ccc(NS(=O)(=O)c4ccc(C)s4)c(F)c3)c2cc1OC. The molecule has 0 fully saturated rings. The van der Waals surface area contributed by atoms with Crippen molar-refractivity contribution in [3.63, 3.8) is 0 Å². The number of ether oxygens (including phenoxy) is 3. The minimum absolute atomic E-state index is 0.113. The van der Waals surface area contributed by atoms with Gasteiger partial charge in [0, 0.05) is 28.6 Å². The average Bonchev–Trinajstić information content (AvgIpc) is 3.22. The first-order valence-electron chi connectivity index (χ1n) is 9.38. The number of methoxy groups -OCH3 is 2. The lowest BCUT2D eigenvalue weighted by Gasteiger charge is -2.13. The van der Waals surface area contributed by atoms with Gasteiger partial charge in [0.2, 0.25) is 0 Å². The van der Waals surface area contributed by atoms with Crippen molar-refractivity contribution in [3.8, 4) is 23.0 Å². The van der Waals surface area contributed by atoms with Gasteiger partial charge in [0.1, 0.15) is 15.7 Å². The van der Waals surface area contributed by atoms with Crippen LogP contribution in [0.1, 0.15) is 4.88 Å². The number of fused-ring (bicyclic) bond motifs is 1. The van der Waals surface area contributed by atoms with Gasteiger partial charge in [0.25, 0.3) is 10.0 Å². The molecule has 0 bridgehead atoms. The van der Waals surface area contributed by atoms with Crippen LogP contribution in [0.25, 0.3) is 10.9 Å². The molecule has 0 amide bonds. The maximum Gasteiger partial charge on any atom is 0.271 e. The minimum Gasteiger partial charge on any atom is -0.493 e. The van der Waals surface area contributed by atoms with Crippen LogP contribution in [-0.4, -0.2) is 27.6 Å². The first kappa shape index (κ1) is 21.8. The molecule has 0 saturated carbocycles. The number of anilines is 1. The third-order valence-corrected chi connectivity index (χ3v) is 7.46. The van der Waals surface area contributed by atoms with Crippen LogP contribution in [0.5, 0.6) is 23.0 Å². The summed E-state index contributed by atoms with van der Waals surface area (Å²) < 4.78 is 58.5. The molecule has 1 N–H and O–H groups in total. The van der Waals surface area contributed by atoms with E-state index in [1.807, 2.05) is 0 Å². The average molecular weight is 475 g/mol. The Morgan fingerprint density at radius 3 is 2.38 bits per heavy atom. The summed E-state index contributed by atoms with van der Waals surface area (Å²) >= 11 is 1.11. The number of thiophene rings is 1. The van der Waals surface area contributed by atoms with E-state index in [2.05, 4.69) is 9.71 Å². The summed E-state index contributed by atoms with van der Waals surface area (Å²) in [6, 6.07) is 12.2. The van der Waals surface area contributed by atoms with Crippen molar-refractivity contribution in [2.24, 2.45) is 0 Å². The number of sulfonamides is 1. The molecule has 7 nitrogen and oxygen atoms in total. The molecule has 4 rings (SSSR count). The fraction of sp³-hybridized carbons (Fsp3) is 0.136. The standard InChI is InChI=1S/C22H19FN2O5S2/c1-13-4-7-22(31-13)32(26,27)25-17-6-5-14(10-16(17)23)30-19-8-9-24-18-12-21(29-3)20(28-2)11-15(18)19/h4-12,25H,1-3H3. The van der Waals surface area contributed by atoms with Crippen molar-refractivity contribution in [1.29, 1.82) is 0 Å². The van der Waals surface area contributed by atoms with Gasteiger partial charge in [-0.3, -0.25) is 9.71 Å². The van der Waals surface area contributed by atoms with E-state index in [0.717, 1.165) is 22.3 Å². The third kappa shape index (κ3) is 4.32. The van der Waals surface area contributed by atoms with Gasteiger partial charge in [-0.15, -0.1) is 11.3 Å². The highest BCUT2D eigenvalue weighted by atomic mass is 32.2. The number of rotatable bonds is 7. The number of hydrogen-bond acceptors (Lipinski definition) is 7. The first-order valence-corrected chi connectivity index (χ1v) is 11.7. The Labute approximate surface area is 188 Å². The molecule has 2 aromatic carbocycles. The predicted octanol–water partition coefficient (Wildman–Crippen LogP) is 5.35. The normalized spacial score (nSPS) is 11.4. The Bertz CT molecular complexity index is 1400. The second-order valence-corrected chi connectivity index (χ2v) is 9.94. The van der Waals surface area contributed by atoms with Crippen LogP contribution in [-0.2, 0) is 10.0 Å². The highest BCUT2D eigenvalue weighted by molar-refractivity contribution is 7.94.